The normalized spacial score (nSPS) is 17.4. The van der Waals surface area contributed by atoms with Gasteiger partial charge in [0, 0.05) is 51.5 Å². The average molecular weight is 398 g/mol. The molecule has 4 rings (SSSR count). The number of aromatic nitrogens is 1. The van der Waals surface area contributed by atoms with Crippen LogP contribution in [0.1, 0.15) is 35.6 Å². The van der Waals surface area contributed by atoms with Crippen molar-refractivity contribution in [2.24, 2.45) is 0 Å². The third-order valence-electron chi connectivity index (χ3n) is 5.56. The molecule has 4 heterocycles. The zero-order valence-corrected chi connectivity index (χ0v) is 16.5. The quantitative estimate of drug-likeness (QED) is 0.791. The first kappa shape index (κ1) is 19.3. The molecule has 2 fully saturated rings. The summed E-state index contributed by atoms with van der Waals surface area (Å²) in [4.78, 5) is 42.7. The first-order valence-corrected chi connectivity index (χ1v) is 10.2. The Hall–Kier alpha value is -3.03. The molecular formula is C21H26N4O4. The van der Waals surface area contributed by atoms with Crippen molar-refractivity contribution in [3.05, 3.63) is 58.4 Å². The smallest absolute Gasteiger partial charge is 0.320 e. The molecule has 29 heavy (non-hydrogen) atoms. The Bertz CT molecular complexity index is 921. The topological polar surface area (TPSA) is 79.0 Å². The number of carbonyl (C=O) groups excluding carboxylic acids is 2. The predicted octanol–water partition coefficient (Wildman–Crippen LogP) is 1.85. The molecule has 0 saturated carbocycles. The molecule has 0 atom stereocenters. The van der Waals surface area contributed by atoms with Crippen LogP contribution in [0.4, 0.5) is 4.79 Å². The number of piperazine rings is 1. The minimum Gasteiger partial charge on any atom is -0.454 e. The zero-order valence-electron chi connectivity index (χ0n) is 16.5. The predicted molar refractivity (Wildman–Crippen MR) is 107 cm³/mol. The minimum absolute atomic E-state index is 0.0883. The number of hydrogen-bond donors (Lipinski definition) is 0. The average Bonchev–Trinajstić information content (AvgIpc) is 3.24. The fourth-order valence-corrected chi connectivity index (χ4v) is 3.88. The van der Waals surface area contributed by atoms with Crippen LogP contribution >= 0.6 is 0 Å². The number of likely N-dealkylation sites (tertiary alicyclic amines) is 1. The highest BCUT2D eigenvalue weighted by atomic mass is 16.4. The molecule has 154 valence electrons. The standard InChI is InChI=1S/C21H26N4O4/c26-19-6-2-5-11-25(19)16-17-7-8-18(29-17)20(27)22-12-14-24(15-13-22)21(28)23-9-3-1-4-10-23/h2,5-8,11H,1,3-4,9-10,12-16H2. The van der Waals surface area contributed by atoms with Gasteiger partial charge in [0.1, 0.15) is 5.76 Å². The summed E-state index contributed by atoms with van der Waals surface area (Å²) in [6, 6.07) is 8.41. The van der Waals surface area contributed by atoms with Gasteiger partial charge in [-0.15, -0.1) is 0 Å². The summed E-state index contributed by atoms with van der Waals surface area (Å²) in [5.74, 6) is 0.641. The van der Waals surface area contributed by atoms with Crippen LogP contribution in [-0.2, 0) is 6.54 Å². The van der Waals surface area contributed by atoms with Crippen molar-refractivity contribution in [1.29, 1.82) is 0 Å². The van der Waals surface area contributed by atoms with Gasteiger partial charge < -0.3 is 23.7 Å². The first-order chi connectivity index (χ1) is 14.1. The molecule has 2 saturated heterocycles. The lowest BCUT2D eigenvalue weighted by molar-refractivity contribution is 0.0602. The van der Waals surface area contributed by atoms with Crippen molar-refractivity contribution in [2.45, 2.75) is 25.8 Å². The maximum Gasteiger partial charge on any atom is 0.320 e. The third kappa shape index (κ3) is 4.36. The number of piperidine rings is 1. The van der Waals surface area contributed by atoms with E-state index in [0.717, 1.165) is 25.9 Å². The van der Waals surface area contributed by atoms with Crippen molar-refractivity contribution in [1.82, 2.24) is 19.3 Å². The van der Waals surface area contributed by atoms with Crippen molar-refractivity contribution in [3.63, 3.8) is 0 Å². The summed E-state index contributed by atoms with van der Waals surface area (Å²) in [5.41, 5.74) is -0.119. The Morgan fingerprint density at radius 1 is 0.828 bits per heavy atom. The second kappa shape index (κ2) is 8.55. The lowest BCUT2D eigenvalue weighted by Gasteiger charge is -2.38. The molecule has 0 N–H and O–H groups in total. The van der Waals surface area contributed by atoms with Gasteiger partial charge in [0.25, 0.3) is 11.5 Å². The maximum atomic E-state index is 12.8. The SMILES string of the molecule is O=C(c1ccc(Cn2ccccc2=O)o1)N1CCN(C(=O)N2CCCCC2)CC1. The third-order valence-corrected chi connectivity index (χ3v) is 5.56. The Morgan fingerprint density at radius 3 is 2.24 bits per heavy atom. The largest absolute Gasteiger partial charge is 0.454 e. The summed E-state index contributed by atoms with van der Waals surface area (Å²) < 4.78 is 7.21. The summed E-state index contributed by atoms with van der Waals surface area (Å²) in [7, 11) is 0. The minimum atomic E-state index is -0.179. The molecule has 8 heteroatoms. The highest BCUT2D eigenvalue weighted by molar-refractivity contribution is 5.91. The number of furan rings is 1. The van der Waals surface area contributed by atoms with Gasteiger partial charge in [0.2, 0.25) is 0 Å². The van der Waals surface area contributed by atoms with E-state index in [4.69, 9.17) is 4.42 Å². The molecule has 0 spiro atoms. The number of urea groups is 1. The van der Waals surface area contributed by atoms with Crippen LogP contribution in [0.5, 0.6) is 0 Å². The molecule has 0 aromatic carbocycles. The van der Waals surface area contributed by atoms with Gasteiger partial charge in [-0.1, -0.05) is 6.07 Å². The van der Waals surface area contributed by atoms with E-state index in [0.29, 0.717) is 31.9 Å². The van der Waals surface area contributed by atoms with Crippen LogP contribution in [0.25, 0.3) is 0 Å². The molecule has 2 aromatic rings. The highest BCUT2D eigenvalue weighted by Crippen LogP contribution is 2.16. The number of rotatable bonds is 3. The van der Waals surface area contributed by atoms with Crippen LogP contribution < -0.4 is 5.56 Å². The van der Waals surface area contributed by atoms with E-state index < -0.39 is 0 Å². The summed E-state index contributed by atoms with van der Waals surface area (Å²) in [6.45, 7) is 4.00. The molecule has 0 bridgehead atoms. The van der Waals surface area contributed by atoms with Gasteiger partial charge in [0.15, 0.2) is 5.76 Å². The Kier molecular flexibility index (Phi) is 5.69. The summed E-state index contributed by atoms with van der Waals surface area (Å²) in [6.07, 6.45) is 5.02. The van der Waals surface area contributed by atoms with Gasteiger partial charge in [-0.2, -0.15) is 0 Å². The second-order valence-corrected chi connectivity index (χ2v) is 7.54. The van der Waals surface area contributed by atoms with Crippen LogP contribution in [0.3, 0.4) is 0 Å². The van der Waals surface area contributed by atoms with Gasteiger partial charge in [-0.25, -0.2) is 4.79 Å². The molecule has 0 radical (unpaired) electrons. The van der Waals surface area contributed by atoms with Gasteiger partial charge in [-0.05, 0) is 37.5 Å². The highest BCUT2D eigenvalue weighted by Gasteiger charge is 2.29. The van der Waals surface area contributed by atoms with Gasteiger partial charge >= 0.3 is 6.03 Å². The fraction of sp³-hybridized carbons (Fsp3) is 0.476. The Balaban J connectivity index is 1.33. The van der Waals surface area contributed by atoms with E-state index in [1.54, 1.807) is 35.4 Å². The van der Waals surface area contributed by atoms with Crippen LogP contribution in [-0.4, -0.2) is 70.5 Å². The number of nitrogens with zero attached hydrogens (tertiary/aromatic N) is 4. The number of amides is 3. The fourth-order valence-electron chi connectivity index (χ4n) is 3.88. The van der Waals surface area contributed by atoms with E-state index >= 15 is 0 Å². The number of carbonyl (C=O) groups is 2. The van der Waals surface area contributed by atoms with E-state index in [1.807, 2.05) is 9.80 Å². The van der Waals surface area contributed by atoms with Crippen molar-refractivity contribution in [3.8, 4) is 0 Å². The van der Waals surface area contributed by atoms with E-state index in [2.05, 4.69) is 0 Å². The maximum absolute atomic E-state index is 12.8. The van der Waals surface area contributed by atoms with Crippen molar-refractivity contribution >= 4 is 11.9 Å². The zero-order chi connectivity index (χ0) is 20.2. The van der Waals surface area contributed by atoms with Crippen LogP contribution in [0.15, 0.2) is 45.7 Å². The lowest BCUT2D eigenvalue weighted by Crippen LogP contribution is -2.54. The van der Waals surface area contributed by atoms with Crippen LogP contribution in [0, 0.1) is 0 Å². The molecule has 3 amide bonds. The first-order valence-electron chi connectivity index (χ1n) is 10.2. The monoisotopic (exact) mass is 398 g/mol. The van der Waals surface area contributed by atoms with E-state index in [1.165, 1.54) is 17.1 Å². The van der Waals surface area contributed by atoms with Gasteiger partial charge in [0.05, 0.1) is 6.54 Å². The van der Waals surface area contributed by atoms with E-state index in [-0.39, 0.29) is 29.8 Å². The van der Waals surface area contributed by atoms with Crippen molar-refractivity contribution in [2.75, 3.05) is 39.3 Å². The number of pyridine rings is 1. The second-order valence-electron chi connectivity index (χ2n) is 7.54. The molecule has 8 nitrogen and oxygen atoms in total. The van der Waals surface area contributed by atoms with Crippen LogP contribution in [0.2, 0.25) is 0 Å². The molecule has 0 unspecified atom stereocenters. The Labute approximate surface area is 169 Å². The number of hydrogen-bond acceptors (Lipinski definition) is 4. The summed E-state index contributed by atoms with van der Waals surface area (Å²) in [5, 5.41) is 0. The molecular weight excluding hydrogens is 372 g/mol. The van der Waals surface area contributed by atoms with Gasteiger partial charge in [-0.3, -0.25) is 9.59 Å². The molecule has 0 aliphatic carbocycles. The lowest BCUT2D eigenvalue weighted by atomic mass is 10.1. The van der Waals surface area contributed by atoms with Crippen molar-refractivity contribution < 1.29 is 14.0 Å². The summed E-state index contributed by atoms with van der Waals surface area (Å²) >= 11 is 0. The molecule has 2 aliphatic rings. The molecule has 2 aliphatic heterocycles. The molecule has 2 aromatic heterocycles. The van der Waals surface area contributed by atoms with E-state index in [9.17, 15) is 14.4 Å². The Morgan fingerprint density at radius 2 is 1.52 bits per heavy atom.